The van der Waals surface area contributed by atoms with Gasteiger partial charge in [0.25, 0.3) is 0 Å². The molecule has 4 aromatic carbocycles. The van der Waals surface area contributed by atoms with E-state index in [1.807, 2.05) is 66.7 Å². The number of carbonyl (C=O) groups is 1. The zero-order valence-electron chi connectivity index (χ0n) is 21.3. The van der Waals surface area contributed by atoms with Gasteiger partial charge in [0, 0.05) is 12.1 Å². The average molecular weight is 503 g/mol. The molecule has 1 saturated carbocycles. The lowest BCUT2D eigenvalue weighted by atomic mass is 9.72. The van der Waals surface area contributed by atoms with Crippen LogP contribution < -0.4 is 14.8 Å². The van der Waals surface area contributed by atoms with E-state index in [0.717, 1.165) is 51.7 Å². The number of aliphatic imine (C=N–C) groups is 1. The number of carbonyl (C=O) groups excluding carboxylic acids is 1. The number of anilines is 1. The van der Waals surface area contributed by atoms with Crippen LogP contribution in [0, 0.1) is 5.92 Å². The molecule has 1 N–H and O–H groups in total. The maximum atomic E-state index is 13.8. The molecule has 4 aromatic rings. The number of nitrogens with zero attached hydrogens (tertiary/aromatic N) is 1. The Morgan fingerprint density at radius 2 is 1.61 bits per heavy atom. The minimum absolute atomic E-state index is 0.0925. The van der Waals surface area contributed by atoms with Gasteiger partial charge in [0.05, 0.1) is 30.4 Å². The molecule has 0 saturated heterocycles. The molecule has 190 valence electrons. The number of Topliss-reactive ketones (excluding diaryl/α,β-unsaturated/α-hetero) is 1. The molecule has 0 amide bonds. The van der Waals surface area contributed by atoms with E-state index in [-0.39, 0.29) is 23.7 Å². The van der Waals surface area contributed by atoms with Crippen molar-refractivity contribution in [3.63, 3.8) is 0 Å². The number of benzene rings is 4. The molecule has 1 heterocycles. The predicted molar refractivity (Wildman–Crippen MR) is 151 cm³/mol. The largest absolute Gasteiger partial charge is 0.497 e. The summed E-state index contributed by atoms with van der Waals surface area (Å²) in [5.74, 6) is 1.55. The molecule has 0 spiro atoms. The fourth-order valence-electron chi connectivity index (χ4n) is 5.53. The summed E-state index contributed by atoms with van der Waals surface area (Å²) in [6.07, 6.45) is 1.22. The third-order valence-corrected chi connectivity index (χ3v) is 7.47. The predicted octanol–water partition coefficient (Wildman–Crippen LogP) is 7.28. The molecule has 3 atom stereocenters. The lowest BCUT2D eigenvalue weighted by Gasteiger charge is -2.34. The van der Waals surface area contributed by atoms with Crippen molar-refractivity contribution in [3.8, 4) is 11.5 Å². The molecule has 5 heteroatoms. The minimum Gasteiger partial charge on any atom is -0.497 e. The van der Waals surface area contributed by atoms with Gasteiger partial charge in [-0.3, -0.25) is 9.79 Å². The molecule has 1 aliphatic carbocycles. The van der Waals surface area contributed by atoms with Crippen LogP contribution in [0.1, 0.15) is 41.5 Å². The third kappa shape index (κ3) is 4.92. The molecular weight excluding hydrogens is 472 g/mol. The van der Waals surface area contributed by atoms with E-state index in [4.69, 9.17) is 14.5 Å². The van der Waals surface area contributed by atoms with Gasteiger partial charge in [-0.05, 0) is 65.4 Å². The SMILES string of the molecule is COc1ccc(C2CC(=O)C3C(=Nc4ccccc4NC3c3cccc(OCc4ccccc4)c3)C2)cc1. The fraction of sp³-hybridized carbons (Fsp3) is 0.212. The van der Waals surface area contributed by atoms with Crippen LogP contribution in [-0.4, -0.2) is 18.6 Å². The first-order valence-electron chi connectivity index (χ1n) is 13.0. The van der Waals surface area contributed by atoms with Crippen LogP contribution in [0.2, 0.25) is 0 Å². The molecule has 5 nitrogen and oxygen atoms in total. The number of ketones is 1. The van der Waals surface area contributed by atoms with Gasteiger partial charge >= 0.3 is 0 Å². The van der Waals surface area contributed by atoms with Crippen molar-refractivity contribution in [2.24, 2.45) is 10.9 Å². The van der Waals surface area contributed by atoms with Crippen LogP contribution in [0.4, 0.5) is 11.4 Å². The van der Waals surface area contributed by atoms with E-state index < -0.39 is 0 Å². The van der Waals surface area contributed by atoms with Crippen molar-refractivity contribution in [2.75, 3.05) is 12.4 Å². The number of methoxy groups -OCH3 is 1. The second-order valence-corrected chi connectivity index (χ2v) is 9.91. The maximum Gasteiger partial charge on any atom is 0.144 e. The summed E-state index contributed by atoms with van der Waals surface area (Å²) in [5, 5.41) is 3.67. The first kappa shape index (κ1) is 24.0. The van der Waals surface area contributed by atoms with E-state index in [0.29, 0.717) is 13.0 Å². The van der Waals surface area contributed by atoms with Gasteiger partial charge in [0.1, 0.15) is 23.9 Å². The number of nitrogens with one attached hydrogen (secondary N) is 1. The second-order valence-electron chi connectivity index (χ2n) is 9.91. The summed E-state index contributed by atoms with van der Waals surface area (Å²) in [6, 6.07) is 34.0. The van der Waals surface area contributed by atoms with E-state index >= 15 is 0 Å². The Morgan fingerprint density at radius 1 is 0.816 bits per heavy atom. The Hall–Kier alpha value is -4.38. The molecule has 1 aliphatic heterocycles. The molecule has 1 fully saturated rings. The fourth-order valence-corrected chi connectivity index (χ4v) is 5.53. The van der Waals surface area contributed by atoms with Crippen LogP contribution >= 0.6 is 0 Å². The van der Waals surface area contributed by atoms with Gasteiger partial charge in [-0.2, -0.15) is 0 Å². The Bertz CT molecular complexity index is 1460. The lowest BCUT2D eigenvalue weighted by molar-refractivity contribution is -0.122. The summed E-state index contributed by atoms with van der Waals surface area (Å²) < 4.78 is 11.5. The number of para-hydroxylation sites is 2. The van der Waals surface area contributed by atoms with Crippen molar-refractivity contribution in [2.45, 2.75) is 31.4 Å². The monoisotopic (exact) mass is 502 g/mol. The zero-order valence-corrected chi connectivity index (χ0v) is 21.3. The van der Waals surface area contributed by atoms with Crippen LogP contribution in [0.15, 0.2) is 108 Å². The zero-order chi connectivity index (χ0) is 25.9. The van der Waals surface area contributed by atoms with E-state index in [2.05, 4.69) is 41.7 Å². The van der Waals surface area contributed by atoms with Gasteiger partial charge in [0.15, 0.2) is 0 Å². The Balaban J connectivity index is 1.32. The molecular formula is C33H30N2O3. The Morgan fingerprint density at radius 3 is 2.42 bits per heavy atom. The summed E-state index contributed by atoms with van der Waals surface area (Å²) in [6.45, 7) is 0.490. The van der Waals surface area contributed by atoms with E-state index in [9.17, 15) is 4.79 Å². The molecule has 0 aromatic heterocycles. The maximum absolute atomic E-state index is 13.8. The van der Waals surface area contributed by atoms with Crippen LogP contribution in [-0.2, 0) is 11.4 Å². The summed E-state index contributed by atoms with van der Waals surface area (Å²) in [5.41, 5.74) is 6.00. The average Bonchev–Trinajstić information content (AvgIpc) is 3.14. The highest BCUT2D eigenvalue weighted by Gasteiger charge is 2.41. The number of hydrogen-bond donors (Lipinski definition) is 1. The summed E-state index contributed by atoms with van der Waals surface area (Å²) in [4.78, 5) is 18.9. The summed E-state index contributed by atoms with van der Waals surface area (Å²) in [7, 11) is 1.66. The van der Waals surface area contributed by atoms with Gasteiger partial charge in [-0.25, -0.2) is 0 Å². The topological polar surface area (TPSA) is 59.9 Å². The third-order valence-electron chi connectivity index (χ3n) is 7.47. The molecule has 0 bridgehead atoms. The normalized spacial score (nSPS) is 20.3. The van der Waals surface area contributed by atoms with Crippen molar-refractivity contribution in [1.82, 2.24) is 0 Å². The quantitative estimate of drug-likeness (QED) is 0.301. The van der Waals surface area contributed by atoms with Crippen LogP contribution in [0.3, 0.4) is 0 Å². The van der Waals surface area contributed by atoms with E-state index in [1.54, 1.807) is 7.11 Å². The van der Waals surface area contributed by atoms with Gasteiger partial charge in [-0.1, -0.05) is 66.7 Å². The number of hydrogen-bond acceptors (Lipinski definition) is 5. The highest BCUT2D eigenvalue weighted by Crippen LogP contribution is 2.44. The van der Waals surface area contributed by atoms with Gasteiger partial charge in [-0.15, -0.1) is 0 Å². The highest BCUT2D eigenvalue weighted by atomic mass is 16.5. The second kappa shape index (κ2) is 10.5. The van der Waals surface area contributed by atoms with Crippen molar-refractivity contribution < 1.29 is 14.3 Å². The first-order valence-corrected chi connectivity index (χ1v) is 13.0. The molecule has 3 unspecified atom stereocenters. The van der Waals surface area contributed by atoms with Crippen molar-refractivity contribution in [3.05, 3.63) is 120 Å². The first-order chi connectivity index (χ1) is 18.7. The van der Waals surface area contributed by atoms with Crippen molar-refractivity contribution in [1.29, 1.82) is 0 Å². The lowest BCUT2D eigenvalue weighted by Crippen LogP contribution is -2.38. The molecule has 38 heavy (non-hydrogen) atoms. The van der Waals surface area contributed by atoms with Gasteiger partial charge < -0.3 is 14.8 Å². The van der Waals surface area contributed by atoms with Crippen molar-refractivity contribution >= 4 is 22.9 Å². The Kier molecular flexibility index (Phi) is 6.65. The smallest absolute Gasteiger partial charge is 0.144 e. The Labute approximate surface area is 223 Å². The van der Waals surface area contributed by atoms with Crippen LogP contribution in [0.5, 0.6) is 11.5 Å². The minimum atomic E-state index is -0.346. The molecule has 6 rings (SSSR count). The number of ether oxygens (including phenoxy) is 2. The van der Waals surface area contributed by atoms with Crippen LogP contribution in [0.25, 0.3) is 0 Å². The number of rotatable bonds is 6. The number of fused-ring (bicyclic) bond motifs is 2. The molecule has 2 aliphatic rings. The van der Waals surface area contributed by atoms with E-state index in [1.165, 1.54) is 0 Å². The summed E-state index contributed by atoms with van der Waals surface area (Å²) >= 11 is 0. The molecule has 0 radical (unpaired) electrons. The van der Waals surface area contributed by atoms with Gasteiger partial charge in [0.2, 0.25) is 0 Å². The standard InChI is InChI=1S/C33H30N2O3/c1-37-26-16-14-23(15-17-26)25-19-30-32(31(36)20-25)33(35-29-13-6-5-12-28(29)34-30)24-10-7-11-27(18-24)38-21-22-8-3-2-4-9-22/h2-18,25,32-33,35H,19-21H2,1H3. The highest BCUT2D eigenvalue weighted by molar-refractivity contribution is 6.10.